The smallest absolute Gasteiger partial charge is 0.408 e. The molecule has 4 heteroatoms. The van der Waals surface area contributed by atoms with Crippen molar-refractivity contribution in [2.75, 3.05) is 13.2 Å². The highest BCUT2D eigenvalue weighted by Crippen LogP contribution is 2.11. The van der Waals surface area contributed by atoms with Crippen LogP contribution in [0.25, 0.3) is 0 Å². The molecule has 0 aromatic heterocycles. The number of hydrogen-bond acceptors (Lipinski definition) is 3. The van der Waals surface area contributed by atoms with E-state index in [1.807, 2.05) is 6.82 Å². The molecule has 0 spiro atoms. The maximum Gasteiger partial charge on any atom is 0.453 e. The van der Waals surface area contributed by atoms with Crippen LogP contribution in [0.4, 0.5) is 0 Å². The number of rotatable bonds is 0. The molecule has 0 aliphatic carbocycles. The van der Waals surface area contributed by atoms with Crippen molar-refractivity contribution in [1.82, 2.24) is 0 Å². The second-order valence-electron chi connectivity index (χ2n) is 2.69. The van der Waals surface area contributed by atoms with Gasteiger partial charge in [0.1, 0.15) is 5.60 Å². The first-order valence-corrected chi connectivity index (χ1v) is 3.06. The third-order valence-corrected chi connectivity index (χ3v) is 1.26. The molecule has 0 bridgehead atoms. The monoisotopic (exact) mass is 130 g/mol. The molecular weight excluding hydrogens is 119 g/mol. The van der Waals surface area contributed by atoms with E-state index in [0.717, 1.165) is 0 Å². The zero-order valence-electron chi connectivity index (χ0n) is 5.76. The fourth-order valence-electron chi connectivity index (χ4n) is 0.684. The molecule has 0 radical (unpaired) electrons. The second-order valence-corrected chi connectivity index (χ2v) is 2.69. The van der Waals surface area contributed by atoms with Crippen LogP contribution in [0, 0.1) is 0 Å². The summed E-state index contributed by atoms with van der Waals surface area (Å²) in [6, 6.07) is 0. The molecule has 3 nitrogen and oxygen atoms in total. The van der Waals surface area contributed by atoms with Gasteiger partial charge in [-0.05, 0) is 13.7 Å². The lowest BCUT2D eigenvalue weighted by atomic mass is 9.91. The fraction of sp³-hybridized carbons (Fsp3) is 1.00. The minimum absolute atomic E-state index is 0.162. The Labute approximate surface area is 55.1 Å². The maximum atomic E-state index is 9.24. The summed E-state index contributed by atoms with van der Waals surface area (Å²) in [4.78, 5) is 0. The average molecular weight is 130 g/mol. The van der Waals surface area contributed by atoms with Gasteiger partial charge in [0.2, 0.25) is 0 Å². The Hall–Kier alpha value is -0.0551. The van der Waals surface area contributed by atoms with Crippen molar-refractivity contribution in [2.45, 2.75) is 19.3 Å². The topological polar surface area (TPSA) is 38.7 Å². The van der Waals surface area contributed by atoms with E-state index in [-0.39, 0.29) is 7.12 Å². The molecule has 0 amide bonds. The van der Waals surface area contributed by atoms with Crippen molar-refractivity contribution in [1.29, 1.82) is 0 Å². The zero-order valence-corrected chi connectivity index (χ0v) is 5.76. The van der Waals surface area contributed by atoms with Gasteiger partial charge < -0.3 is 14.4 Å². The standard InChI is InChI=1S/C5H11BO3/c1-5(7)3-8-6(2)9-4-5/h7H,3-4H2,1-2H3. The lowest BCUT2D eigenvalue weighted by Gasteiger charge is -2.30. The molecule has 0 saturated carbocycles. The van der Waals surface area contributed by atoms with Crippen LogP contribution in [0.15, 0.2) is 0 Å². The third kappa shape index (κ3) is 1.97. The first-order valence-electron chi connectivity index (χ1n) is 3.06. The highest BCUT2D eigenvalue weighted by molar-refractivity contribution is 6.42. The molecule has 1 aliphatic rings. The molecule has 1 heterocycles. The van der Waals surface area contributed by atoms with Crippen molar-refractivity contribution in [3.63, 3.8) is 0 Å². The summed E-state index contributed by atoms with van der Waals surface area (Å²) < 4.78 is 10.0. The Balaban J connectivity index is 2.35. The van der Waals surface area contributed by atoms with Gasteiger partial charge in [-0.1, -0.05) is 0 Å². The molecule has 1 rings (SSSR count). The van der Waals surface area contributed by atoms with Crippen molar-refractivity contribution >= 4 is 7.12 Å². The maximum absolute atomic E-state index is 9.24. The minimum atomic E-state index is -0.785. The molecule has 1 aliphatic heterocycles. The van der Waals surface area contributed by atoms with Crippen LogP contribution in [0.2, 0.25) is 6.82 Å². The van der Waals surface area contributed by atoms with Crippen molar-refractivity contribution in [3.05, 3.63) is 0 Å². The van der Waals surface area contributed by atoms with Gasteiger partial charge in [0.25, 0.3) is 0 Å². The summed E-state index contributed by atoms with van der Waals surface area (Å²) >= 11 is 0. The Kier molecular flexibility index (Phi) is 1.79. The summed E-state index contributed by atoms with van der Waals surface area (Å²) in [6.07, 6.45) is 0. The van der Waals surface area contributed by atoms with E-state index >= 15 is 0 Å². The van der Waals surface area contributed by atoms with E-state index in [1.54, 1.807) is 6.92 Å². The van der Waals surface area contributed by atoms with Gasteiger partial charge in [-0.3, -0.25) is 0 Å². The second kappa shape index (κ2) is 2.29. The molecule has 52 valence electrons. The third-order valence-electron chi connectivity index (χ3n) is 1.26. The molecule has 0 aromatic carbocycles. The van der Waals surface area contributed by atoms with E-state index in [1.165, 1.54) is 0 Å². The molecule has 9 heavy (non-hydrogen) atoms. The molecule has 0 atom stereocenters. The van der Waals surface area contributed by atoms with Crippen LogP contribution in [0.1, 0.15) is 6.92 Å². The Morgan fingerprint density at radius 1 is 1.44 bits per heavy atom. The summed E-state index contributed by atoms with van der Waals surface area (Å²) in [5, 5.41) is 9.24. The van der Waals surface area contributed by atoms with Crippen LogP contribution in [-0.4, -0.2) is 31.0 Å². The molecule has 1 N–H and O–H groups in total. The highest BCUT2D eigenvalue weighted by atomic mass is 16.6. The predicted octanol–water partition coefficient (Wildman–Crippen LogP) is -0.0978. The predicted molar refractivity (Wildman–Crippen MR) is 34.1 cm³/mol. The van der Waals surface area contributed by atoms with Gasteiger partial charge in [-0.2, -0.15) is 0 Å². The minimum Gasteiger partial charge on any atom is -0.408 e. The SMILES string of the molecule is CB1OCC(C)(O)CO1. The Morgan fingerprint density at radius 3 is 2.22 bits per heavy atom. The molecular formula is C5H11BO3. The van der Waals surface area contributed by atoms with E-state index in [9.17, 15) is 5.11 Å². The van der Waals surface area contributed by atoms with Gasteiger partial charge in [0.15, 0.2) is 0 Å². The van der Waals surface area contributed by atoms with Crippen LogP contribution in [0.3, 0.4) is 0 Å². The van der Waals surface area contributed by atoms with Crippen molar-refractivity contribution in [3.8, 4) is 0 Å². The Bertz CT molecular complexity index is 94.4. The van der Waals surface area contributed by atoms with Crippen LogP contribution >= 0.6 is 0 Å². The summed E-state index contributed by atoms with van der Waals surface area (Å²) in [7, 11) is -0.162. The van der Waals surface area contributed by atoms with E-state index in [0.29, 0.717) is 13.2 Å². The van der Waals surface area contributed by atoms with Gasteiger partial charge in [-0.25, -0.2) is 0 Å². The summed E-state index contributed by atoms with van der Waals surface area (Å²) in [5.74, 6) is 0. The van der Waals surface area contributed by atoms with E-state index in [2.05, 4.69) is 0 Å². The lowest BCUT2D eigenvalue weighted by molar-refractivity contribution is -0.0675. The fourth-order valence-corrected chi connectivity index (χ4v) is 0.684. The van der Waals surface area contributed by atoms with Crippen molar-refractivity contribution < 1.29 is 14.4 Å². The zero-order chi connectivity index (χ0) is 6.91. The quantitative estimate of drug-likeness (QED) is 0.465. The van der Waals surface area contributed by atoms with Gasteiger partial charge in [0, 0.05) is 0 Å². The molecule has 1 saturated heterocycles. The van der Waals surface area contributed by atoms with Crippen LogP contribution in [0.5, 0.6) is 0 Å². The first-order chi connectivity index (χ1) is 4.10. The first kappa shape index (κ1) is 7.06. The molecule has 0 aromatic rings. The summed E-state index contributed by atoms with van der Waals surface area (Å²) in [5.41, 5.74) is -0.785. The van der Waals surface area contributed by atoms with Gasteiger partial charge >= 0.3 is 7.12 Å². The molecule has 1 fully saturated rings. The normalized spacial score (nSPS) is 26.3. The highest BCUT2D eigenvalue weighted by Gasteiger charge is 2.30. The average Bonchev–Trinajstić information content (AvgIpc) is 1.78. The number of aliphatic hydroxyl groups is 1. The van der Waals surface area contributed by atoms with Gasteiger partial charge in [-0.15, -0.1) is 0 Å². The van der Waals surface area contributed by atoms with Crippen LogP contribution in [-0.2, 0) is 9.31 Å². The van der Waals surface area contributed by atoms with Gasteiger partial charge in [0.05, 0.1) is 13.2 Å². The van der Waals surface area contributed by atoms with Crippen molar-refractivity contribution in [2.24, 2.45) is 0 Å². The molecule has 0 unspecified atom stereocenters. The lowest BCUT2D eigenvalue weighted by Crippen LogP contribution is -2.45. The van der Waals surface area contributed by atoms with E-state index < -0.39 is 5.60 Å². The van der Waals surface area contributed by atoms with Crippen LogP contribution < -0.4 is 0 Å². The Morgan fingerprint density at radius 2 is 1.89 bits per heavy atom. The van der Waals surface area contributed by atoms with E-state index in [4.69, 9.17) is 9.31 Å². The summed E-state index contributed by atoms with van der Waals surface area (Å²) in [6.45, 7) is 4.25. The number of hydrogen-bond donors (Lipinski definition) is 1. The largest absolute Gasteiger partial charge is 0.453 e.